The summed E-state index contributed by atoms with van der Waals surface area (Å²) in [5, 5.41) is 3.44. The Morgan fingerprint density at radius 2 is 2.24 bits per heavy atom. The SMILES string of the molecule is CC(=CCCNCC(C)C)Cc1ccccn1. The molecule has 0 spiro atoms. The molecule has 0 amide bonds. The van der Waals surface area contributed by atoms with Crippen molar-refractivity contribution in [1.29, 1.82) is 0 Å². The average Bonchev–Trinajstić information content (AvgIpc) is 2.29. The van der Waals surface area contributed by atoms with Crippen LogP contribution in [0.25, 0.3) is 0 Å². The number of pyridine rings is 1. The predicted octanol–water partition coefficient (Wildman–Crippen LogP) is 3.21. The third-order valence-corrected chi connectivity index (χ3v) is 2.55. The van der Waals surface area contributed by atoms with E-state index < -0.39 is 0 Å². The van der Waals surface area contributed by atoms with Gasteiger partial charge < -0.3 is 5.32 Å². The number of allylic oxidation sites excluding steroid dienone is 1. The summed E-state index contributed by atoms with van der Waals surface area (Å²) in [6.07, 6.45) is 6.23. The second-order valence-corrected chi connectivity index (χ2v) is 4.93. The van der Waals surface area contributed by atoms with Gasteiger partial charge in [-0.1, -0.05) is 31.6 Å². The van der Waals surface area contributed by atoms with Crippen LogP contribution in [0.3, 0.4) is 0 Å². The zero-order chi connectivity index (χ0) is 12.5. The minimum Gasteiger partial charge on any atom is -0.316 e. The number of nitrogens with one attached hydrogen (secondary N) is 1. The summed E-state index contributed by atoms with van der Waals surface area (Å²) >= 11 is 0. The van der Waals surface area contributed by atoms with Gasteiger partial charge in [0.15, 0.2) is 0 Å². The lowest BCUT2D eigenvalue weighted by Gasteiger charge is -2.06. The molecule has 0 saturated heterocycles. The minimum atomic E-state index is 0.730. The van der Waals surface area contributed by atoms with Crippen LogP contribution in [0.1, 0.15) is 32.9 Å². The first-order valence-electron chi connectivity index (χ1n) is 6.44. The highest BCUT2D eigenvalue weighted by atomic mass is 14.8. The van der Waals surface area contributed by atoms with Crippen LogP contribution in [0.15, 0.2) is 36.0 Å². The minimum absolute atomic E-state index is 0.730. The van der Waals surface area contributed by atoms with Gasteiger partial charge in [-0.15, -0.1) is 0 Å². The zero-order valence-corrected chi connectivity index (χ0v) is 11.2. The predicted molar refractivity (Wildman–Crippen MR) is 74.0 cm³/mol. The van der Waals surface area contributed by atoms with Gasteiger partial charge in [0.05, 0.1) is 0 Å². The van der Waals surface area contributed by atoms with E-state index in [2.05, 4.69) is 43.2 Å². The van der Waals surface area contributed by atoms with E-state index >= 15 is 0 Å². The van der Waals surface area contributed by atoms with Crippen LogP contribution in [-0.4, -0.2) is 18.1 Å². The summed E-state index contributed by atoms with van der Waals surface area (Å²) in [6, 6.07) is 6.08. The Balaban J connectivity index is 2.21. The molecule has 17 heavy (non-hydrogen) atoms. The van der Waals surface area contributed by atoms with Gasteiger partial charge in [0.25, 0.3) is 0 Å². The summed E-state index contributed by atoms with van der Waals surface area (Å²) in [4.78, 5) is 4.33. The lowest BCUT2D eigenvalue weighted by molar-refractivity contribution is 0.556. The van der Waals surface area contributed by atoms with E-state index in [9.17, 15) is 0 Å². The number of hydrogen-bond donors (Lipinski definition) is 1. The van der Waals surface area contributed by atoms with E-state index in [1.807, 2.05) is 18.3 Å². The van der Waals surface area contributed by atoms with Crippen molar-refractivity contribution in [3.8, 4) is 0 Å². The maximum absolute atomic E-state index is 4.33. The van der Waals surface area contributed by atoms with Gasteiger partial charge in [-0.25, -0.2) is 0 Å². The summed E-state index contributed by atoms with van der Waals surface area (Å²) in [7, 11) is 0. The van der Waals surface area contributed by atoms with Crippen molar-refractivity contribution in [3.63, 3.8) is 0 Å². The van der Waals surface area contributed by atoms with Crippen molar-refractivity contribution in [3.05, 3.63) is 41.7 Å². The molecule has 1 heterocycles. The van der Waals surface area contributed by atoms with Crippen molar-refractivity contribution in [2.24, 2.45) is 5.92 Å². The van der Waals surface area contributed by atoms with E-state index in [-0.39, 0.29) is 0 Å². The normalized spacial score (nSPS) is 12.1. The largest absolute Gasteiger partial charge is 0.316 e. The van der Waals surface area contributed by atoms with E-state index in [0.717, 1.165) is 37.5 Å². The Bertz CT molecular complexity index is 328. The molecule has 1 aromatic heterocycles. The fourth-order valence-electron chi connectivity index (χ4n) is 1.67. The van der Waals surface area contributed by atoms with Crippen molar-refractivity contribution in [1.82, 2.24) is 10.3 Å². The third-order valence-electron chi connectivity index (χ3n) is 2.55. The van der Waals surface area contributed by atoms with Gasteiger partial charge in [-0.05, 0) is 44.5 Å². The molecule has 0 aliphatic carbocycles. The van der Waals surface area contributed by atoms with Gasteiger partial charge >= 0.3 is 0 Å². The maximum Gasteiger partial charge on any atom is 0.0443 e. The van der Waals surface area contributed by atoms with Crippen molar-refractivity contribution in [2.75, 3.05) is 13.1 Å². The Kier molecular flexibility index (Phi) is 6.56. The highest BCUT2D eigenvalue weighted by Crippen LogP contribution is 2.04. The van der Waals surface area contributed by atoms with E-state index in [4.69, 9.17) is 0 Å². The van der Waals surface area contributed by atoms with Crippen LogP contribution in [-0.2, 0) is 6.42 Å². The summed E-state index contributed by atoms with van der Waals surface area (Å²) in [5.41, 5.74) is 2.55. The molecule has 0 saturated carbocycles. The van der Waals surface area contributed by atoms with Gasteiger partial charge in [0.1, 0.15) is 0 Å². The van der Waals surface area contributed by atoms with Gasteiger partial charge in [0, 0.05) is 18.3 Å². The molecule has 0 aliphatic heterocycles. The molecular formula is C15H24N2. The lowest BCUT2D eigenvalue weighted by Crippen LogP contribution is -2.20. The molecule has 1 N–H and O–H groups in total. The van der Waals surface area contributed by atoms with Crippen molar-refractivity contribution in [2.45, 2.75) is 33.6 Å². The molecule has 0 atom stereocenters. The number of nitrogens with zero attached hydrogens (tertiary/aromatic N) is 1. The smallest absolute Gasteiger partial charge is 0.0443 e. The topological polar surface area (TPSA) is 24.9 Å². The Labute approximate surface area is 105 Å². The second kappa shape index (κ2) is 8.02. The average molecular weight is 232 g/mol. The molecule has 0 unspecified atom stereocenters. The maximum atomic E-state index is 4.33. The van der Waals surface area contributed by atoms with Crippen LogP contribution < -0.4 is 5.32 Å². The highest BCUT2D eigenvalue weighted by Gasteiger charge is 1.95. The van der Waals surface area contributed by atoms with Gasteiger partial charge in [0.2, 0.25) is 0 Å². The molecule has 0 aliphatic rings. The second-order valence-electron chi connectivity index (χ2n) is 4.93. The Hall–Kier alpha value is -1.15. The summed E-state index contributed by atoms with van der Waals surface area (Å²) in [5.74, 6) is 0.730. The van der Waals surface area contributed by atoms with Gasteiger partial charge in [-0.2, -0.15) is 0 Å². The van der Waals surface area contributed by atoms with Crippen molar-refractivity contribution < 1.29 is 0 Å². The fraction of sp³-hybridized carbons (Fsp3) is 0.533. The molecule has 0 aromatic carbocycles. The van der Waals surface area contributed by atoms with Crippen LogP contribution in [0, 0.1) is 5.92 Å². The quantitative estimate of drug-likeness (QED) is 0.577. The van der Waals surface area contributed by atoms with Crippen LogP contribution in [0.4, 0.5) is 0 Å². The highest BCUT2D eigenvalue weighted by molar-refractivity contribution is 5.13. The molecule has 94 valence electrons. The number of rotatable bonds is 7. The summed E-state index contributed by atoms with van der Waals surface area (Å²) in [6.45, 7) is 8.81. The lowest BCUT2D eigenvalue weighted by atomic mass is 10.1. The third kappa shape index (κ3) is 6.90. The molecule has 1 aromatic rings. The first-order valence-corrected chi connectivity index (χ1v) is 6.44. The molecule has 0 bridgehead atoms. The molecule has 2 nitrogen and oxygen atoms in total. The monoisotopic (exact) mass is 232 g/mol. The van der Waals surface area contributed by atoms with E-state index in [1.165, 1.54) is 5.57 Å². The first kappa shape index (κ1) is 13.9. The molecular weight excluding hydrogens is 208 g/mol. The standard InChI is InChI=1S/C15H24N2/c1-13(2)12-16-9-6-7-14(3)11-15-8-4-5-10-17-15/h4-5,7-8,10,13,16H,6,9,11-12H2,1-3H3. The Morgan fingerprint density at radius 3 is 2.88 bits per heavy atom. The first-order chi connectivity index (χ1) is 8.18. The van der Waals surface area contributed by atoms with E-state index in [0.29, 0.717) is 0 Å². The molecule has 0 radical (unpaired) electrons. The molecule has 2 heteroatoms. The Morgan fingerprint density at radius 1 is 1.41 bits per heavy atom. The van der Waals surface area contributed by atoms with Crippen LogP contribution >= 0.6 is 0 Å². The zero-order valence-electron chi connectivity index (χ0n) is 11.2. The molecule has 0 fully saturated rings. The van der Waals surface area contributed by atoms with Crippen LogP contribution in [0.5, 0.6) is 0 Å². The molecule has 1 rings (SSSR count). The number of aromatic nitrogens is 1. The van der Waals surface area contributed by atoms with E-state index in [1.54, 1.807) is 0 Å². The number of hydrogen-bond acceptors (Lipinski definition) is 2. The fourth-order valence-corrected chi connectivity index (χ4v) is 1.67. The van der Waals surface area contributed by atoms with Crippen LogP contribution in [0.2, 0.25) is 0 Å². The summed E-state index contributed by atoms with van der Waals surface area (Å²) < 4.78 is 0. The van der Waals surface area contributed by atoms with Gasteiger partial charge in [-0.3, -0.25) is 4.98 Å². The van der Waals surface area contributed by atoms with Crippen molar-refractivity contribution >= 4 is 0 Å².